The van der Waals surface area contributed by atoms with Gasteiger partial charge in [-0.2, -0.15) is 5.10 Å². The van der Waals surface area contributed by atoms with Gasteiger partial charge >= 0.3 is 6.03 Å². The number of anilines is 1. The van der Waals surface area contributed by atoms with Gasteiger partial charge in [-0.3, -0.25) is 10.2 Å². The number of para-hydroxylation sites is 1. The van der Waals surface area contributed by atoms with Crippen molar-refractivity contribution in [3.05, 3.63) is 76.7 Å². The Kier molecular flexibility index (Phi) is 8.58. The zero-order valence-corrected chi connectivity index (χ0v) is 22.2. The van der Waals surface area contributed by atoms with Gasteiger partial charge in [0.1, 0.15) is 10.8 Å². The lowest BCUT2D eigenvalue weighted by Crippen LogP contribution is -2.42. The fraction of sp³-hybridized carbons (Fsp3) is 0.429. The average Bonchev–Trinajstić information content (AvgIpc) is 3.49. The Morgan fingerprint density at radius 3 is 2.58 bits per heavy atom. The summed E-state index contributed by atoms with van der Waals surface area (Å²) in [5.74, 6) is 0.321. The number of ether oxygens (including phenoxy) is 2. The maximum absolute atomic E-state index is 13.6. The summed E-state index contributed by atoms with van der Waals surface area (Å²) in [6.45, 7) is 4.04. The van der Waals surface area contributed by atoms with Crippen LogP contribution in [0.4, 0.5) is 15.0 Å². The van der Waals surface area contributed by atoms with E-state index in [9.17, 15) is 9.18 Å². The highest BCUT2D eigenvalue weighted by molar-refractivity contribution is 6.34. The molecule has 10 heteroatoms. The van der Waals surface area contributed by atoms with Gasteiger partial charge in [-0.1, -0.05) is 41.9 Å². The molecule has 38 heavy (non-hydrogen) atoms. The molecule has 0 spiro atoms. The van der Waals surface area contributed by atoms with Gasteiger partial charge in [0, 0.05) is 51.8 Å². The number of rotatable bonds is 8. The van der Waals surface area contributed by atoms with E-state index in [2.05, 4.69) is 15.5 Å². The summed E-state index contributed by atoms with van der Waals surface area (Å²) in [6.07, 6.45) is 1.66. The first kappa shape index (κ1) is 26.6. The van der Waals surface area contributed by atoms with Gasteiger partial charge < -0.3 is 14.8 Å². The first-order chi connectivity index (χ1) is 18.5. The molecular weight excluding hydrogens is 509 g/mol. The summed E-state index contributed by atoms with van der Waals surface area (Å²) < 4.78 is 26.1. The van der Waals surface area contributed by atoms with Crippen molar-refractivity contribution in [1.82, 2.24) is 20.0 Å². The third-order valence-corrected chi connectivity index (χ3v) is 7.69. The normalized spacial score (nSPS) is 20.5. The molecule has 3 aromatic rings. The SMILES string of the molecule is COCCN1C[C@@H](NC(=O)Nc2c(Cl)c(C3CCOCC3)nn2-c2ccccc2)[C@H](c2ccc(F)cc2)C1. The number of aromatic nitrogens is 2. The zero-order valence-electron chi connectivity index (χ0n) is 21.4. The van der Waals surface area contributed by atoms with Gasteiger partial charge in [0.2, 0.25) is 0 Å². The molecule has 0 aliphatic carbocycles. The molecule has 0 saturated carbocycles. The van der Waals surface area contributed by atoms with Crippen molar-refractivity contribution in [3.63, 3.8) is 0 Å². The third-order valence-electron chi connectivity index (χ3n) is 7.31. The standard InChI is InChI=1S/C28H33ClFN5O3/c1-37-16-13-34-17-23(19-7-9-21(30)10-8-19)24(18-34)31-28(36)32-27-25(29)26(20-11-14-38-15-12-20)33-35(27)22-5-3-2-4-6-22/h2-10,20,23-24H,11-18H2,1H3,(H2,31,32,36)/t23-,24+/m0/s1. The lowest BCUT2D eigenvalue weighted by atomic mass is 9.94. The lowest BCUT2D eigenvalue weighted by Gasteiger charge is -2.21. The second kappa shape index (κ2) is 12.3. The van der Waals surface area contributed by atoms with Crippen LogP contribution in [0.2, 0.25) is 5.02 Å². The fourth-order valence-electron chi connectivity index (χ4n) is 5.31. The largest absolute Gasteiger partial charge is 0.383 e. The Balaban J connectivity index is 1.38. The van der Waals surface area contributed by atoms with Gasteiger partial charge in [-0.05, 0) is 42.7 Å². The number of amides is 2. The molecule has 2 N–H and O–H groups in total. The maximum Gasteiger partial charge on any atom is 0.320 e. The van der Waals surface area contributed by atoms with Crippen molar-refractivity contribution < 1.29 is 18.7 Å². The molecule has 2 saturated heterocycles. The smallest absolute Gasteiger partial charge is 0.320 e. The molecule has 2 atom stereocenters. The molecular formula is C28H33ClFN5O3. The van der Waals surface area contributed by atoms with E-state index in [0.717, 1.165) is 42.9 Å². The summed E-state index contributed by atoms with van der Waals surface area (Å²) in [5.41, 5.74) is 2.55. The van der Waals surface area contributed by atoms with E-state index < -0.39 is 0 Å². The van der Waals surface area contributed by atoms with E-state index in [-0.39, 0.29) is 29.7 Å². The van der Waals surface area contributed by atoms with Crippen molar-refractivity contribution in [2.75, 3.05) is 51.9 Å². The number of likely N-dealkylation sites (tertiary alicyclic amines) is 1. The second-order valence-corrected chi connectivity index (χ2v) is 10.2. The third kappa shape index (κ3) is 6.02. The second-order valence-electron chi connectivity index (χ2n) is 9.80. The summed E-state index contributed by atoms with van der Waals surface area (Å²) in [5, 5.41) is 11.4. The Labute approximate surface area is 227 Å². The molecule has 1 aromatic heterocycles. The molecule has 2 aromatic carbocycles. The fourth-order valence-corrected chi connectivity index (χ4v) is 5.63. The molecule has 8 nitrogen and oxygen atoms in total. The molecule has 0 unspecified atom stereocenters. The predicted octanol–water partition coefficient (Wildman–Crippen LogP) is 4.79. The minimum Gasteiger partial charge on any atom is -0.383 e. The summed E-state index contributed by atoms with van der Waals surface area (Å²) in [7, 11) is 1.67. The summed E-state index contributed by atoms with van der Waals surface area (Å²) >= 11 is 6.87. The summed E-state index contributed by atoms with van der Waals surface area (Å²) in [4.78, 5) is 15.6. The highest BCUT2D eigenvalue weighted by Gasteiger charge is 2.35. The Morgan fingerprint density at radius 1 is 1.13 bits per heavy atom. The Morgan fingerprint density at radius 2 is 1.87 bits per heavy atom. The topological polar surface area (TPSA) is 80.7 Å². The van der Waals surface area contributed by atoms with E-state index in [1.165, 1.54) is 12.1 Å². The number of nitrogens with zero attached hydrogens (tertiary/aromatic N) is 3. The molecule has 2 amide bonds. The number of benzene rings is 2. The number of carbonyl (C=O) groups is 1. The average molecular weight is 542 g/mol. The van der Waals surface area contributed by atoms with Crippen LogP contribution in [-0.4, -0.2) is 73.3 Å². The molecule has 3 heterocycles. The predicted molar refractivity (Wildman–Crippen MR) is 145 cm³/mol. The van der Waals surface area contributed by atoms with Crippen molar-refractivity contribution in [1.29, 1.82) is 0 Å². The number of methoxy groups -OCH3 is 1. The number of halogens is 2. The first-order valence-electron chi connectivity index (χ1n) is 13.0. The highest BCUT2D eigenvalue weighted by Crippen LogP contribution is 2.37. The van der Waals surface area contributed by atoms with E-state index >= 15 is 0 Å². The van der Waals surface area contributed by atoms with Crippen LogP contribution < -0.4 is 10.6 Å². The van der Waals surface area contributed by atoms with Gasteiger partial charge in [0.15, 0.2) is 5.82 Å². The van der Waals surface area contributed by atoms with Crippen LogP contribution in [0.15, 0.2) is 54.6 Å². The van der Waals surface area contributed by atoms with Crippen LogP contribution in [0, 0.1) is 5.82 Å². The van der Waals surface area contributed by atoms with Crippen LogP contribution in [0.1, 0.15) is 35.9 Å². The minimum atomic E-state index is -0.367. The van der Waals surface area contributed by atoms with Crippen LogP contribution >= 0.6 is 11.6 Å². The van der Waals surface area contributed by atoms with Gasteiger partial charge in [0.25, 0.3) is 0 Å². The van der Waals surface area contributed by atoms with Gasteiger partial charge in [-0.15, -0.1) is 0 Å². The quantitative estimate of drug-likeness (QED) is 0.428. The number of carbonyl (C=O) groups excluding carboxylic acids is 1. The minimum absolute atomic E-state index is 0.00510. The van der Waals surface area contributed by atoms with E-state index in [1.807, 2.05) is 30.3 Å². The number of hydrogen-bond acceptors (Lipinski definition) is 5. The van der Waals surface area contributed by atoms with Crippen molar-refractivity contribution in [3.8, 4) is 5.69 Å². The Bertz CT molecular complexity index is 1220. The van der Waals surface area contributed by atoms with Crippen molar-refractivity contribution in [2.24, 2.45) is 0 Å². The molecule has 202 valence electrons. The lowest BCUT2D eigenvalue weighted by molar-refractivity contribution is 0.0844. The summed E-state index contributed by atoms with van der Waals surface area (Å²) in [6, 6.07) is 15.6. The van der Waals surface area contributed by atoms with Crippen molar-refractivity contribution in [2.45, 2.75) is 30.7 Å². The molecule has 2 aliphatic heterocycles. The van der Waals surface area contributed by atoms with Gasteiger partial charge in [0.05, 0.1) is 24.0 Å². The number of hydrogen-bond donors (Lipinski definition) is 2. The van der Waals surface area contributed by atoms with E-state index in [1.54, 1.807) is 23.9 Å². The monoisotopic (exact) mass is 541 g/mol. The highest BCUT2D eigenvalue weighted by atomic mass is 35.5. The van der Waals surface area contributed by atoms with Crippen LogP contribution in [-0.2, 0) is 9.47 Å². The molecule has 2 aliphatic rings. The Hall–Kier alpha value is -2.98. The van der Waals surface area contributed by atoms with Crippen LogP contribution in [0.25, 0.3) is 5.69 Å². The number of nitrogens with one attached hydrogen (secondary N) is 2. The molecule has 0 radical (unpaired) electrons. The van der Waals surface area contributed by atoms with Crippen LogP contribution in [0.5, 0.6) is 0 Å². The van der Waals surface area contributed by atoms with Gasteiger partial charge in [-0.25, -0.2) is 13.9 Å². The van der Waals surface area contributed by atoms with E-state index in [0.29, 0.717) is 37.2 Å². The van der Waals surface area contributed by atoms with Crippen LogP contribution in [0.3, 0.4) is 0 Å². The van der Waals surface area contributed by atoms with E-state index in [4.69, 9.17) is 26.2 Å². The molecule has 5 rings (SSSR count). The first-order valence-corrected chi connectivity index (χ1v) is 13.4. The molecule has 2 fully saturated rings. The molecule has 0 bridgehead atoms. The maximum atomic E-state index is 13.6. The van der Waals surface area contributed by atoms with Crippen molar-refractivity contribution >= 4 is 23.4 Å². The zero-order chi connectivity index (χ0) is 26.5. The number of urea groups is 1.